The highest BCUT2D eigenvalue weighted by Crippen LogP contribution is 2.18. The molecule has 5 nitrogen and oxygen atoms in total. The van der Waals surface area contributed by atoms with Gasteiger partial charge in [0.1, 0.15) is 5.82 Å². The normalized spacial score (nSPS) is 21.1. The summed E-state index contributed by atoms with van der Waals surface area (Å²) in [6.07, 6.45) is 3.75. The molecule has 1 saturated heterocycles. The Morgan fingerprint density at radius 3 is 3.12 bits per heavy atom. The maximum atomic E-state index is 5.41. The van der Waals surface area contributed by atoms with Crippen LogP contribution < -0.4 is 5.32 Å². The van der Waals surface area contributed by atoms with E-state index in [0.717, 1.165) is 30.4 Å². The number of hydrogen-bond donors (Lipinski definition) is 3. The SMILES string of the molecule is c1c[nH]c(-c2cnc(C3COCCN3)[nH]2)c1. The van der Waals surface area contributed by atoms with Crippen molar-refractivity contribution in [3.63, 3.8) is 0 Å². The van der Waals surface area contributed by atoms with Gasteiger partial charge in [-0.3, -0.25) is 0 Å². The number of H-pyrrole nitrogens is 2. The summed E-state index contributed by atoms with van der Waals surface area (Å²) in [5.41, 5.74) is 2.06. The van der Waals surface area contributed by atoms with Gasteiger partial charge in [0.15, 0.2) is 0 Å². The van der Waals surface area contributed by atoms with Crippen molar-refractivity contribution in [1.82, 2.24) is 20.3 Å². The van der Waals surface area contributed by atoms with Crippen molar-refractivity contribution < 1.29 is 4.74 Å². The first kappa shape index (κ1) is 9.62. The van der Waals surface area contributed by atoms with Crippen molar-refractivity contribution in [2.24, 2.45) is 0 Å². The number of aromatic amines is 2. The molecule has 1 fully saturated rings. The van der Waals surface area contributed by atoms with Crippen LogP contribution in [-0.2, 0) is 4.74 Å². The molecule has 1 unspecified atom stereocenters. The van der Waals surface area contributed by atoms with E-state index < -0.39 is 0 Å². The molecule has 0 saturated carbocycles. The molecule has 3 N–H and O–H groups in total. The first-order valence-corrected chi connectivity index (χ1v) is 5.43. The van der Waals surface area contributed by atoms with E-state index in [2.05, 4.69) is 20.3 Å². The van der Waals surface area contributed by atoms with Crippen LogP contribution in [0.25, 0.3) is 11.4 Å². The summed E-state index contributed by atoms with van der Waals surface area (Å²) >= 11 is 0. The number of hydrogen-bond acceptors (Lipinski definition) is 3. The molecular weight excluding hydrogens is 204 g/mol. The third-order valence-electron chi connectivity index (χ3n) is 2.74. The molecule has 0 spiro atoms. The number of nitrogens with one attached hydrogen (secondary N) is 3. The van der Waals surface area contributed by atoms with E-state index in [1.54, 1.807) is 0 Å². The van der Waals surface area contributed by atoms with Crippen molar-refractivity contribution in [1.29, 1.82) is 0 Å². The molecule has 1 aliphatic heterocycles. The van der Waals surface area contributed by atoms with Gasteiger partial charge in [-0.05, 0) is 12.1 Å². The fourth-order valence-electron chi connectivity index (χ4n) is 1.89. The lowest BCUT2D eigenvalue weighted by Gasteiger charge is -2.21. The van der Waals surface area contributed by atoms with Crippen LogP contribution in [-0.4, -0.2) is 34.7 Å². The molecule has 0 radical (unpaired) electrons. The molecule has 3 rings (SSSR count). The van der Waals surface area contributed by atoms with Crippen LogP contribution in [0.3, 0.4) is 0 Å². The van der Waals surface area contributed by atoms with Crippen molar-refractivity contribution in [3.8, 4) is 11.4 Å². The first-order chi connectivity index (χ1) is 7.93. The van der Waals surface area contributed by atoms with Crippen LogP contribution in [0.5, 0.6) is 0 Å². The molecule has 5 heteroatoms. The maximum Gasteiger partial charge on any atom is 0.126 e. The molecule has 16 heavy (non-hydrogen) atoms. The predicted molar refractivity (Wildman–Crippen MR) is 59.9 cm³/mol. The minimum Gasteiger partial charge on any atom is -0.378 e. The van der Waals surface area contributed by atoms with Gasteiger partial charge in [0.25, 0.3) is 0 Å². The highest BCUT2D eigenvalue weighted by Gasteiger charge is 2.18. The Bertz CT molecular complexity index is 442. The largest absolute Gasteiger partial charge is 0.378 e. The highest BCUT2D eigenvalue weighted by molar-refractivity contribution is 5.53. The highest BCUT2D eigenvalue weighted by atomic mass is 16.5. The van der Waals surface area contributed by atoms with Gasteiger partial charge in [0.2, 0.25) is 0 Å². The van der Waals surface area contributed by atoms with Crippen LogP contribution in [0.2, 0.25) is 0 Å². The average molecular weight is 218 g/mol. The smallest absolute Gasteiger partial charge is 0.126 e. The summed E-state index contributed by atoms with van der Waals surface area (Å²) in [5.74, 6) is 0.935. The summed E-state index contributed by atoms with van der Waals surface area (Å²) in [6, 6.07) is 4.16. The van der Waals surface area contributed by atoms with Gasteiger partial charge in [-0.2, -0.15) is 0 Å². The number of morpholine rings is 1. The standard InChI is InChI=1S/C11H14N4O/c1-2-8(12-3-1)9-6-14-11(15-9)10-7-16-5-4-13-10/h1-3,6,10,12-13H,4-5,7H2,(H,14,15). The second-order valence-electron chi connectivity index (χ2n) is 3.85. The quantitative estimate of drug-likeness (QED) is 0.706. The second kappa shape index (κ2) is 4.11. The summed E-state index contributed by atoms with van der Waals surface area (Å²) in [7, 11) is 0. The Balaban J connectivity index is 1.82. The number of imidazole rings is 1. The van der Waals surface area contributed by atoms with Crippen LogP contribution >= 0.6 is 0 Å². The van der Waals surface area contributed by atoms with Gasteiger partial charge >= 0.3 is 0 Å². The molecule has 1 aliphatic rings. The molecular formula is C11H14N4O. The summed E-state index contributed by atoms with van der Waals surface area (Å²) < 4.78 is 5.41. The predicted octanol–water partition coefficient (Wildman–Crippen LogP) is 1.07. The minimum absolute atomic E-state index is 0.178. The second-order valence-corrected chi connectivity index (χ2v) is 3.85. The van der Waals surface area contributed by atoms with Crippen LogP contribution in [0, 0.1) is 0 Å². The Morgan fingerprint density at radius 2 is 2.38 bits per heavy atom. The molecule has 0 bridgehead atoms. The third kappa shape index (κ3) is 1.75. The van der Waals surface area contributed by atoms with Gasteiger partial charge < -0.3 is 20.0 Å². The third-order valence-corrected chi connectivity index (χ3v) is 2.74. The molecule has 1 atom stereocenters. The van der Waals surface area contributed by atoms with Crippen molar-refractivity contribution in [2.45, 2.75) is 6.04 Å². The first-order valence-electron chi connectivity index (χ1n) is 5.43. The Morgan fingerprint density at radius 1 is 1.38 bits per heavy atom. The lowest BCUT2D eigenvalue weighted by molar-refractivity contribution is 0.0745. The Kier molecular flexibility index (Phi) is 2.47. The van der Waals surface area contributed by atoms with E-state index in [-0.39, 0.29) is 6.04 Å². The monoisotopic (exact) mass is 218 g/mol. The summed E-state index contributed by atoms with van der Waals surface area (Å²) in [6.45, 7) is 2.33. The molecule has 84 valence electrons. The van der Waals surface area contributed by atoms with Gasteiger partial charge in [0, 0.05) is 12.7 Å². The molecule has 0 amide bonds. The van der Waals surface area contributed by atoms with Gasteiger partial charge in [-0.25, -0.2) is 4.98 Å². The van der Waals surface area contributed by atoms with E-state index in [1.807, 2.05) is 24.5 Å². The fourth-order valence-corrected chi connectivity index (χ4v) is 1.89. The average Bonchev–Trinajstić information content (AvgIpc) is 3.01. The van der Waals surface area contributed by atoms with Crippen molar-refractivity contribution in [2.75, 3.05) is 19.8 Å². The number of nitrogens with zero attached hydrogens (tertiary/aromatic N) is 1. The van der Waals surface area contributed by atoms with E-state index in [1.165, 1.54) is 0 Å². The van der Waals surface area contributed by atoms with Crippen molar-refractivity contribution >= 4 is 0 Å². The van der Waals surface area contributed by atoms with E-state index in [4.69, 9.17) is 4.74 Å². The zero-order chi connectivity index (χ0) is 10.8. The lowest BCUT2D eigenvalue weighted by atomic mass is 10.2. The van der Waals surface area contributed by atoms with E-state index in [0.29, 0.717) is 6.61 Å². The minimum atomic E-state index is 0.178. The molecule has 2 aromatic rings. The van der Waals surface area contributed by atoms with Crippen LogP contribution in [0.4, 0.5) is 0 Å². The molecule has 0 aromatic carbocycles. The van der Waals surface area contributed by atoms with Crippen LogP contribution in [0.1, 0.15) is 11.9 Å². The van der Waals surface area contributed by atoms with Gasteiger partial charge in [-0.1, -0.05) is 0 Å². The number of aromatic nitrogens is 3. The number of rotatable bonds is 2. The zero-order valence-electron chi connectivity index (χ0n) is 8.86. The molecule has 3 heterocycles. The van der Waals surface area contributed by atoms with Crippen molar-refractivity contribution in [3.05, 3.63) is 30.4 Å². The maximum absolute atomic E-state index is 5.41. The van der Waals surface area contributed by atoms with Gasteiger partial charge in [-0.15, -0.1) is 0 Å². The molecule has 0 aliphatic carbocycles. The van der Waals surface area contributed by atoms with E-state index >= 15 is 0 Å². The fraction of sp³-hybridized carbons (Fsp3) is 0.364. The Hall–Kier alpha value is -1.59. The lowest BCUT2D eigenvalue weighted by Crippen LogP contribution is -2.35. The van der Waals surface area contributed by atoms with Crippen LogP contribution in [0.15, 0.2) is 24.5 Å². The molecule has 2 aromatic heterocycles. The van der Waals surface area contributed by atoms with E-state index in [9.17, 15) is 0 Å². The number of ether oxygens (including phenoxy) is 1. The Labute approximate surface area is 93.2 Å². The topological polar surface area (TPSA) is 65.7 Å². The zero-order valence-corrected chi connectivity index (χ0v) is 8.86. The summed E-state index contributed by atoms with van der Waals surface area (Å²) in [5, 5.41) is 3.37. The van der Waals surface area contributed by atoms with Gasteiger partial charge in [0.05, 0.1) is 36.8 Å². The summed E-state index contributed by atoms with van der Waals surface area (Å²) in [4.78, 5) is 10.8.